The van der Waals surface area contributed by atoms with E-state index < -0.39 is 0 Å². The quantitative estimate of drug-likeness (QED) is 0.865. The molecule has 5 nitrogen and oxygen atoms in total. The third kappa shape index (κ3) is 4.28. The topological polar surface area (TPSA) is 71.2 Å². The van der Waals surface area contributed by atoms with Crippen LogP contribution in [-0.2, 0) is 4.79 Å². The third-order valence-electron chi connectivity index (χ3n) is 4.87. The smallest absolute Gasteiger partial charge is 0.231 e. The number of pyridine rings is 1. The standard InChI is InChI=1S/C16H24N4O.2ClH/c17-12-16(7-1-2-8-16)15(21)19-13-5-6-14(18-11-13)20-9-3-4-10-20;;/h5-6,11H,1-4,7-10,12,17H2,(H,19,21);2*1H. The number of amides is 1. The van der Waals surface area contributed by atoms with E-state index in [0.29, 0.717) is 6.54 Å². The van der Waals surface area contributed by atoms with Crippen molar-refractivity contribution in [1.29, 1.82) is 0 Å². The number of hydrogen-bond acceptors (Lipinski definition) is 4. The zero-order valence-corrected chi connectivity index (χ0v) is 14.9. The lowest BCUT2D eigenvalue weighted by Crippen LogP contribution is -2.40. The van der Waals surface area contributed by atoms with E-state index in [2.05, 4.69) is 15.2 Å². The van der Waals surface area contributed by atoms with Gasteiger partial charge in [-0.2, -0.15) is 0 Å². The van der Waals surface area contributed by atoms with Gasteiger partial charge in [-0.1, -0.05) is 12.8 Å². The molecule has 0 bridgehead atoms. The first-order valence-corrected chi connectivity index (χ1v) is 7.96. The van der Waals surface area contributed by atoms with Crippen LogP contribution < -0.4 is 16.0 Å². The summed E-state index contributed by atoms with van der Waals surface area (Å²) in [5.74, 6) is 1.05. The molecule has 1 amide bonds. The lowest BCUT2D eigenvalue weighted by atomic mass is 9.85. The molecule has 1 aliphatic carbocycles. The van der Waals surface area contributed by atoms with E-state index in [4.69, 9.17) is 5.73 Å². The highest BCUT2D eigenvalue weighted by atomic mass is 35.5. The number of rotatable bonds is 4. The molecule has 2 fully saturated rings. The zero-order valence-electron chi connectivity index (χ0n) is 13.3. The molecule has 2 heterocycles. The van der Waals surface area contributed by atoms with Gasteiger partial charge in [-0.3, -0.25) is 4.79 Å². The highest BCUT2D eigenvalue weighted by molar-refractivity contribution is 5.95. The SMILES string of the molecule is Cl.Cl.NCC1(C(=O)Nc2ccc(N3CCCC3)nc2)CCCC1. The first kappa shape index (κ1) is 20.0. The number of anilines is 2. The molecule has 0 spiro atoms. The molecule has 1 saturated carbocycles. The van der Waals surface area contributed by atoms with Crippen molar-refractivity contribution in [3.05, 3.63) is 18.3 Å². The summed E-state index contributed by atoms with van der Waals surface area (Å²) in [4.78, 5) is 19.2. The lowest BCUT2D eigenvalue weighted by Gasteiger charge is -2.25. The molecule has 3 rings (SSSR count). The van der Waals surface area contributed by atoms with Gasteiger partial charge in [0.05, 0.1) is 17.3 Å². The molecule has 1 aromatic heterocycles. The lowest BCUT2D eigenvalue weighted by molar-refractivity contribution is -0.124. The Morgan fingerprint density at radius 3 is 2.35 bits per heavy atom. The summed E-state index contributed by atoms with van der Waals surface area (Å²) in [6, 6.07) is 3.93. The van der Waals surface area contributed by atoms with Crippen LogP contribution in [0.5, 0.6) is 0 Å². The number of nitrogens with zero attached hydrogens (tertiary/aromatic N) is 2. The second kappa shape index (κ2) is 8.71. The Kier molecular flexibility index (Phi) is 7.58. The van der Waals surface area contributed by atoms with Crippen LogP contribution in [0.4, 0.5) is 11.5 Å². The molecule has 2 aliphatic rings. The maximum Gasteiger partial charge on any atom is 0.231 e. The van der Waals surface area contributed by atoms with Gasteiger partial charge in [-0.05, 0) is 37.8 Å². The van der Waals surface area contributed by atoms with Gasteiger partial charge in [0, 0.05) is 19.6 Å². The first-order chi connectivity index (χ1) is 10.2. The minimum absolute atomic E-state index is 0. The van der Waals surface area contributed by atoms with Crippen molar-refractivity contribution in [3.63, 3.8) is 0 Å². The molecule has 0 unspecified atom stereocenters. The van der Waals surface area contributed by atoms with Gasteiger partial charge < -0.3 is 16.0 Å². The molecule has 1 aromatic rings. The molecular weight excluding hydrogens is 335 g/mol. The van der Waals surface area contributed by atoms with Crippen molar-refractivity contribution in [2.75, 3.05) is 29.9 Å². The second-order valence-electron chi connectivity index (χ2n) is 6.24. The predicted octanol–water partition coefficient (Wildman–Crippen LogP) is 2.98. The number of carbonyl (C=O) groups is 1. The molecule has 130 valence electrons. The van der Waals surface area contributed by atoms with Crippen LogP contribution in [0.1, 0.15) is 38.5 Å². The van der Waals surface area contributed by atoms with Crippen molar-refractivity contribution < 1.29 is 4.79 Å². The maximum absolute atomic E-state index is 12.5. The van der Waals surface area contributed by atoms with Crippen LogP contribution in [0, 0.1) is 5.41 Å². The van der Waals surface area contributed by atoms with E-state index in [-0.39, 0.29) is 36.1 Å². The normalized spacial score (nSPS) is 18.9. The van der Waals surface area contributed by atoms with Crippen LogP contribution in [-0.4, -0.2) is 30.5 Å². The Bertz CT molecular complexity index is 497. The van der Waals surface area contributed by atoms with Crippen LogP contribution in [0.3, 0.4) is 0 Å². The fraction of sp³-hybridized carbons (Fsp3) is 0.625. The zero-order chi connectivity index (χ0) is 14.7. The average Bonchev–Trinajstić information content (AvgIpc) is 3.20. The van der Waals surface area contributed by atoms with E-state index in [9.17, 15) is 4.79 Å². The van der Waals surface area contributed by atoms with Crippen molar-refractivity contribution in [2.24, 2.45) is 11.1 Å². The summed E-state index contributed by atoms with van der Waals surface area (Å²) >= 11 is 0. The Balaban J connectivity index is 0.00000132. The van der Waals surface area contributed by atoms with E-state index >= 15 is 0 Å². The van der Waals surface area contributed by atoms with E-state index in [1.807, 2.05) is 12.1 Å². The number of aromatic nitrogens is 1. The highest BCUT2D eigenvalue weighted by Crippen LogP contribution is 2.38. The van der Waals surface area contributed by atoms with Gasteiger partial charge in [-0.15, -0.1) is 24.8 Å². The summed E-state index contributed by atoms with van der Waals surface area (Å²) < 4.78 is 0. The predicted molar refractivity (Wildman–Crippen MR) is 98.8 cm³/mol. The summed E-state index contributed by atoms with van der Waals surface area (Å²) in [7, 11) is 0. The van der Waals surface area contributed by atoms with Crippen LogP contribution in [0.15, 0.2) is 18.3 Å². The van der Waals surface area contributed by atoms with E-state index in [1.165, 1.54) is 12.8 Å². The minimum Gasteiger partial charge on any atom is -0.357 e. The highest BCUT2D eigenvalue weighted by Gasteiger charge is 2.39. The van der Waals surface area contributed by atoms with Gasteiger partial charge in [0.2, 0.25) is 5.91 Å². The molecule has 1 saturated heterocycles. The van der Waals surface area contributed by atoms with Gasteiger partial charge in [0.1, 0.15) is 5.82 Å². The van der Waals surface area contributed by atoms with Gasteiger partial charge in [-0.25, -0.2) is 4.98 Å². The largest absolute Gasteiger partial charge is 0.357 e. The molecule has 23 heavy (non-hydrogen) atoms. The number of nitrogens with two attached hydrogens (primary N) is 1. The third-order valence-corrected chi connectivity index (χ3v) is 4.87. The minimum atomic E-state index is -0.367. The number of hydrogen-bond donors (Lipinski definition) is 2. The Morgan fingerprint density at radius 1 is 1.17 bits per heavy atom. The first-order valence-electron chi connectivity index (χ1n) is 7.96. The molecule has 7 heteroatoms. The van der Waals surface area contributed by atoms with Gasteiger partial charge in [0.25, 0.3) is 0 Å². The Hall–Kier alpha value is -1.04. The van der Waals surface area contributed by atoms with E-state index in [1.54, 1.807) is 6.20 Å². The average molecular weight is 361 g/mol. The number of halogens is 2. The molecule has 3 N–H and O–H groups in total. The molecule has 0 radical (unpaired) electrons. The summed E-state index contributed by atoms with van der Waals surface area (Å²) in [6.45, 7) is 2.59. The molecule has 1 aliphatic heterocycles. The van der Waals surface area contributed by atoms with Crippen molar-refractivity contribution in [1.82, 2.24) is 4.98 Å². The van der Waals surface area contributed by atoms with Crippen molar-refractivity contribution in [3.8, 4) is 0 Å². The van der Waals surface area contributed by atoms with Crippen molar-refractivity contribution >= 4 is 42.2 Å². The summed E-state index contributed by atoms with van der Waals surface area (Å²) in [5.41, 5.74) is 6.25. The fourth-order valence-corrected chi connectivity index (χ4v) is 3.43. The van der Waals surface area contributed by atoms with Crippen LogP contribution in [0.2, 0.25) is 0 Å². The van der Waals surface area contributed by atoms with Crippen LogP contribution >= 0.6 is 24.8 Å². The van der Waals surface area contributed by atoms with Crippen molar-refractivity contribution in [2.45, 2.75) is 38.5 Å². The van der Waals surface area contributed by atoms with E-state index in [0.717, 1.165) is 50.3 Å². The summed E-state index contributed by atoms with van der Waals surface area (Å²) in [5, 5.41) is 2.99. The molecule has 0 atom stereocenters. The number of carbonyl (C=O) groups excluding carboxylic acids is 1. The fourth-order valence-electron chi connectivity index (χ4n) is 3.43. The maximum atomic E-state index is 12.5. The molecular formula is C16H26Cl2N4O. The van der Waals surface area contributed by atoms with Gasteiger partial charge in [0.15, 0.2) is 0 Å². The number of nitrogens with one attached hydrogen (secondary N) is 1. The van der Waals surface area contributed by atoms with Gasteiger partial charge >= 0.3 is 0 Å². The second-order valence-corrected chi connectivity index (χ2v) is 6.24. The monoisotopic (exact) mass is 360 g/mol. The molecule has 0 aromatic carbocycles. The van der Waals surface area contributed by atoms with Crippen LogP contribution in [0.25, 0.3) is 0 Å². The Labute approximate surface area is 150 Å². The summed E-state index contributed by atoms with van der Waals surface area (Å²) in [6.07, 6.45) is 8.21. The Morgan fingerprint density at radius 2 is 1.83 bits per heavy atom.